The van der Waals surface area contributed by atoms with Gasteiger partial charge in [-0.05, 0) is 24.3 Å². The van der Waals surface area contributed by atoms with Gasteiger partial charge in [0.25, 0.3) is 11.5 Å². The fourth-order valence-corrected chi connectivity index (χ4v) is 4.02. The van der Waals surface area contributed by atoms with Crippen LogP contribution in [0.5, 0.6) is 23.0 Å². The number of para-hydroxylation sites is 2. The third kappa shape index (κ3) is 3.62. The summed E-state index contributed by atoms with van der Waals surface area (Å²) in [6.45, 7) is 0. The summed E-state index contributed by atoms with van der Waals surface area (Å²) in [5, 5.41) is 24.7. The molecule has 0 bridgehead atoms. The van der Waals surface area contributed by atoms with Gasteiger partial charge in [-0.2, -0.15) is 0 Å². The van der Waals surface area contributed by atoms with Gasteiger partial charge in [-0.15, -0.1) is 0 Å². The Labute approximate surface area is 202 Å². The molecule has 0 radical (unpaired) electrons. The predicted molar refractivity (Wildman–Crippen MR) is 126 cm³/mol. The largest absolute Gasteiger partial charge is 0.446 e. The summed E-state index contributed by atoms with van der Waals surface area (Å²) < 4.78 is 11.5. The lowest BCUT2D eigenvalue weighted by molar-refractivity contribution is -0.390. The van der Waals surface area contributed by atoms with Crippen LogP contribution in [0, 0.1) is 20.2 Å². The standard InChI is InChI=1S/C26H14N2O8/c29-23-17-13-7-8-14-18(17)24(30)20-19(23)21(27(31)32)25(35-15-9-3-1-4-10-15)26(22(20)28(33)34)36-16-11-5-2-6-12-16/h1-14H. The Bertz CT molecular complexity index is 1450. The summed E-state index contributed by atoms with van der Waals surface area (Å²) in [4.78, 5) is 49.8. The van der Waals surface area contributed by atoms with Crippen molar-refractivity contribution in [3.63, 3.8) is 0 Å². The van der Waals surface area contributed by atoms with Gasteiger partial charge in [0.05, 0.1) is 9.85 Å². The van der Waals surface area contributed by atoms with E-state index in [-0.39, 0.29) is 22.6 Å². The maximum absolute atomic E-state index is 13.5. The predicted octanol–water partition coefficient (Wildman–Crippen LogP) is 5.86. The van der Waals surface area contributed by atoms with Gasteiger partial charge >= 0.3 is 11.4 Å². The molecule has 0 amide bonds. The number of hydrogen-bond acceptors (Lipinski definition) is 8. The molecular weight excluding hydrogens is 468 g/mol. The molecule has 0 saturated carbocycles. The Kier molecular flexibility index (Phi) is 5.46. The Morgan fingerprint density at radius 1 is 0.528 bits per heavy atom. The summed E-state index contributed by atoms with van der Waals surface area (Å²) in [5.74, 6) is -2.94. The average Bonchev–Trinajstić information content (AvgIpc) is 2.88. The van der Waals surface area contributed by atoms with Crippen LogP contribution in [0.25, 0.3) is 0 Å². The highest BCUT2D eigenvalue weighted by atomic mass is 16.6. The van der Waals surface area contributed by atoms with Gasteiger partial charge < -0.3 is 9.47 Å². The van der Waals surface area contributed by atoms with Crippen LogP contribution >= 0.6 is 0 Å². The van der Waals surface area contributed by atoms with Crippen LogP contribution in [-0.2, 0) is 0 Å². The molecule has 10 heteroatoms. The lowest BCUT2D eigenvalue weighted by atomic mass is 9.81. The molecule has 1 aliphatic carbocycles. The van der Waals surface area contributed by atoms with Gasteiger partial charge in [0, 0.05) is 11.1 Å². The number of nitrogens with zero attached hydrogens (tertiary/aromatic N) is 2. The highest BCUT2D eigenvalue weighted by Gasteiger charge is 2.47. The molecule has 4 aromatic rings. The number of nitro groups is 2. The minimum Gasteiger partial charge on any atom is -0.446 e. The first-order chi connectivity index (χ1) is 17.4. The number of benzene rings is 4. The molecule has 0 unspecified atom stereocenters. The van der Waals surface area contributed by atoms with Crippen LogP contribution in [0.15, 0.2) is 84.9 Å². The summed E-state index contributed by atoms with van der Waals surface area (Å²) in [6, 6.07) is 21.3. The molecule has 0 aromatic heterocycles. The molecule has 0 saturated heterocycles. The second-order valence-corrected chi connectivity index (χ2v) is 7.65. The Hall–Kier alpha value is -5.38. The first-order valence-corrected chi connectivity index (χ1v) is 10.6. The number of ketones is 2. The SMILES string of the molecule is O=C1c2ccccc2C(=O)c2c1c([N+](=O)[O-])c(Oc1ccccc1)c(Oc1ccccc1)c2[N+](=O)[O-]. The molecule has 10 nitrogen and oxygen atoms in total. The summed E-state index contributed by atoms with van der Waals surface area (Å²) in [5.41, 5.74) is -3.45. The fourth-order valence-electron chi connectivity index (χ4n) is 4.02. The molecule has 0 N–H and O–H groups in total. The van der Waals surface area contributed by atoms with Crippen molar-refractivity contribution in [2.24, 2.45) is 0 Å². The molecule has 0 atom stereocenters. The minimum absolute atomic E-state index is 0.0998. The zero-order chi connectivity index (χ0) is 25.4. The maximum atomic E-state index is 13.5. The topological polar surface area (TPSA) is 139 Å². The highest BCUT2D eigenvalue weighted by Crippen LogP contribution is 2.54. The minimum atomic E-state index is -0.905. The van der Waals surface area contributed by atoms with Crippen molar-refractivity contribution in [3.05, 3.63) is 127 Å². The molecule has 0 spiro atoms. The van der Waals surface area contributed by atoms with E-state index in [9.17, 15) is 29.8 Å². The molecule has 0 fully saturated rings. The first-order valence-electron chi connectivity index (χ1n) is 10.6. The molecule has 4 aromatic carbocycles. The Morgan fingerprint density at radius 3 is 1.19 bits per heavy atom. The molecule has 0 aliphatic heterocycles. The van der Waals surface area contributed by atoms with E-state index in [2.05, 4.69) is 0 Å². The van der Waals surface area contributed by atoms with Crippen molar-refractivity contribution in [1.82, 2.24) is 0 Å². The van der Waals surface area contributed by atoms with E-state index in [1.807, 2.05) is 0 Å². The maximum Gasteiger partial charge on any atom is 0.327 e. The van der Waals surface area contributed by atoms with Crippen molar-refractivity contribution in [3.8, 4) is 23.0 Å². The van der Waals surface area contributed by atoms with Gasteiger partial charge in [0.1, 0.15) is 22.6 Å². The molecule has 36 heavy (non-hydrogen) atoms. The van der Waals surface area contributed by atoms with Gasteiger partial charge in [0.2, 0.25) is 11.6 Å². The number of fused-ring (bicyclic) bond motifs is 2. The number of nitro benzene ring substituents is 2. The van der Waals surface area contributed by atoms with Crippen LogP contribution in [0.3, 0.4) is 0 Å². The lowest BCUT2D eigenvalue weighted by Gasteiger charge is -2.21. The van der Waals surface area contributed by atoms with Crippen LogP contribution in [0.4, 0.5) is 11.4 Å². The number of ether oxygens (including phenoxy) is 2. The van der Waals surface area contributed by atoms with E-state index in [0.29, 0.717) is 0 Å². The van der Waals surface area contributed by atoms with Gasteiger partial charge in [-0.1, -0.05) is 60.7 Å². The highest BCUT2D eigenvalue weighted by molar-refractivity contribution is 6.32. The molecule has 1 aliphatic rings. The average molecular weight is 482 g/mol. The zero-order valence-corrected chi connectivity index (χ0v) is 18.2. The Morgan fingerprint density at radius 2 is 0.861 bits per heavy atom. The van der Waals surface area contributed by atoms with E-state index in [1.165, 1.54) is 48.5 Å². The van der Waals surface area contributed by atoms with Gasteiger partial charge in [-0.25, -0.2) is 0 Å². The van der Waals surface area contributed by atoms with E-state index in [0.717, 1.165) is 0 Å². The second-order valence-electron chi connectivity index (χ2n) is 7.65. The summed E-state index contributed by atoms with van der Waals surface area (Å²) in [7, 11) is 0. The Balaban J connectivity index is 1.91. The fraction of sp³-hybridized carbons (Fsp3) is 0. The quantitative estimate of drug-likeness (QED) is 0.216. The molecule has 0 heterocycles. The molecular formula is C26H14N2O8. The van der Waals surface area contributed by atoms with E-state index in [1.54, 1.807) is 36.4 Å². The monoisotopic (exact) mass is 482 g/mol. The van der Waals surface area contributed by atoms with Crippen molar-refractivity contribution in [2.45, 2.75) is 0 Å². The molecule has 176 valence electrons. The smallest absolute Gasteiger partial charge is 0.327 e. The van der Waals surface area contributed by atoms with Crippen LogP contribution in [0.1, 0.15) is 31.8 Å². The van der Waals surface area contributed by atoms with Gasteiger partial charge in [-0.3, -0.25) is 29.8 Å². The summed E-state index contributed by atoms with van der Waals surface area (Å²) >= 11 is 0. The van der Waals surface area contributed by atoms with Crippen LogP contribution in [-0.4, -0.2) is 21.4 Å². The number of rotatable bonds is 6. The van der Waals surface area contributed by atoms with Crippen molar-refractivity contribution >= 4 is 22.9 Å². The summed E-state index contributed by atoms with van der Waals surface area (Å²) in [6.07, 6.45) is 0. The zero-order valence-electron chi connectivity index (χ0n) is 18.2. The van der Waals surface area contributed by atoms with Crippen LogP contribution in [0.2, 0.25) is 0 Å². The molecule has 5 rings (SSSR count). The number of carbonyl (C=O) groups excluding carboxylic acids is 2. The van der Waals surface area contributed by atoms with E-state index in [4.69, 9.17) is 9.47 Å². The number of carbonyl (C=O) groups is 2. The second kappa shape index (κ2) is 8.76. The van der Waals surface area contributed by atoms with E-state index < -0.39 is 55.4 Å². The number of hydrogen-bond donors (Lipinski definition) is 0. The van der Waals surface area contributed by atoms with Crippen LogP contribution < -0.4 is 9.47 Å². The van der Waals surface area contributed by atoms with Gasteiger partial charge in [0.15, 0.2) is 0 Å². The lowest BCUT2D eigenvalue weighted by Crippen LogP contribution is -2.24. The van der Waals surface area contributed by atoms with Crippen molar-refractivity contribution in [2.75, 3.05) is 0 Å². The van der Waals surface area contributed by atoms with E-state index >= 15 is 0 Å². The third-order valence-electron chi connectivity index (χ3n) is 5.52. The normalized spacial score (nSPS) is 11.9. The third-order valence-corrected chi connectivity index (χ3v) is 5.52. The van der Waals surface area contributed by atoms with Crippen molar-refractivity contribution < 1.29 is 28.9 Å². The van der Waals surface area contributed by atoms with Crippen molar-refractivity contribution in [1.29, 1.82) is 0 Å². The first kappa shape index (κ1) is 22.4.